The Kier molecular flexibility index (Phi) is 7.44. The van der Waals surface area contributed by atoms with Crippen molar-refractivity contribution in [1.82, 2.24) is 5.32 Å². The third-order valence-corrected chi connectivity index (χ3v) is 4.05. The van der Waals surface area contributed by atoms with E-state index in [1.165, 1.54) is 0 Å². The summed E-state index contributed by atoms with van der Waals surface area (Å²) in [7, 11) is 0. The molecule has 0 bridgehead atoms. The van der Waals surface area contributed by atoms with Crippen LogP contribution < -0.4 is 10.1 Å². The van der Waals surface area contributed by atoms with Crippen LogP contribution in [0.5, 0.6) is 5.75 Å². The fraction of sp³-hybridized carbons (Fsp3) is 0.526. The zero-order valence-electron chi connectivity index (χ0n) is 14.6. The van der Waals surface area contributed by atoms with Gasteiger partial charge in [0.2, 0.25) is 0 Å². The number of benzene rings is 1. The number of ketones is 1. The van der Waals surface area contributed by atoms with Crippen LogP contribution in [0.15, 0.2) is 24.3 Å². The number of unbranched alkanes of at least 4 members (excludes halogenated alkanes) is 1. The number of hydrogen-bond acceptors (Lipinski definition) is 5. The molecule has 0 heterocycles. The SMILES string of the molecule is CCCCOc1ccc(C(=O)NCC(=O)O[C@H]2CCCCC2=O)cc1. The van der Waals surface area contributed by atoms with Gasteiger partial charge in [-0.25, -0.2) is 0 Å². The summed E-state index contributed by atoms with van der Waals surface area (Å²) in [6, 6.07) is 6.74. The molecule has 0 unspecified atom stereocenters. The molecule has 0 spiro atoms. The molecule has 1 amide bonds. The van der Waals surface area contributed by atoms with E-state index in [1.807, 2.05) is 0 Å². The second-order valence-electron chi connectivity index (χ2n) is 6.10. The minimum atomic E-state index is -0.655. The molecule has 1 saturated carbocycles. The van der Waals surface area contributed by atoms with Gasteiger partial charge in [0, 0.05) is 12.0 Å². The van der Waals surface area contributed by atoms with Crippen molar-refractivity contribution in [2.45, 2.75) is 51.6 Å². The third-order valence-electron chi connectivity index (χ3n) is 4.05. The Bertz CT molecular complexity index is 596. The maximum atomic E-state index is 12.1. The molecule has 1 atom stereocenters. The van der Waals surface area contributed by atoms with Crippen LogP contribution in [0.1, 0.15) is 55.8 Å². The largest absolute Gasteiger partial charge is 0.494 e. The Labute approximate surface area is 147 Å². The molecule has 0 radical (unpaired) electrons. The number of nitrogens with one attached hydrogen (secondary N) is 1. The predicted molar refractivity (Wildman–Crippen MR) is 92.5 cm³/mol. The highest BCUT2D eigenvalue weighted by atomic mass is 16.5. The van der Waals surface area contributed by atoms with Crippen molar-refractivity contribution in [2.24, 2.45) is 0 Å². The van der Waals surface area contributed by atoms with Crippen LogP contribution in [-0.2, 0) is 14.3 Å². The molecular formula is C19H25NO5. The summed E-state index contributed by atoms with van der Waals surface area (Å²) in [6.45, 7) is 2.48. The Morgan fingerprint density at radius 3 is 2.64 bits per heavy atom. The van der Waals surface area contributed by atoms with Gasteiger partial charge in [0.1, 0.15) is 12.3 Å². The normalized spacial score (nSPS) is 17.0. The summed E-state index contributed by atoms with van der Waals surface area (Å²) in [5.74, 6) is -0.287. The van der Waals surface area contributed by atoms with Crippen LogP contribution in [-0.4, -0.2) is 36.9 Å². The van der Waals surface area contributed by atoms with Crippen LogP contribution >= 0.6 is 0 Å². The van der Waals surface area contributed by atoms with E-state index in [-0.39, 0.29) is 18.2 Å². The number of amides is 1. The monoisotopic (exact) mass is 347 g/mol. The number of ether oxygens (including phenoxy) is 2. The van der Waals surface area contributed by atoms with Crippen molar-refractivity contribution in [3.05, 3.63) is 29.8 Å². The summed E-state index contributed by atoms with van der Waals surface area (Å²) in [6.07, 6.45) is 4.13. The first-order chi connectivity index (χ1) is 12.1. The second kappa shape index (κ2) is 9.81. The average molecular weight is 347 g/mol. The Morgan fingerprint density at radius 2 is 1.96 bits per heavy atom. The Hall–Kier alpha value is -2.37. The molecule has 1 fully saturated rings. The minimum Gasteiger partial charge on any atom is -0.494 e. The molecule has 136 valence electrons. The minimum absolute atomic E-state index is 0.0374. The van der Waals surface area contributed by atoms with Gasteiger partial charge in [-0.1, -0.05) is 13.3 Å². The molecule has 1 aromatic rings. The predicted octanol–water partition coefficient (Wildman–Crippen LogP) is 2.65. The van der Waals surface area contributed by atoms with Crippen molar-refractivity contribution in [3.8, 4) is 5.75 Å². The first-order valence-corrected chi connectivity index (χ1v) is 8.83. The molecule has 0 saturated heterocycles. The summed E-state index contributed by atoms with van der Waals surface area (Å²) in [4.78, 5) is 35.5. The first-order valence-electron chi connectivity index (χ1n) is 8.83. The maximum Gasteiger partial charge on any atom is 0.326 e. The summed E-state index contributed by atoms with van der Waals surface area (Å²) in [5.41, 5.74) is 0.435. The molecule has 1 aromatic carbocycles. The van der Waals surface area contributed by atoms with Crippen LogP contribution in [0.4, 0.5) is 0 Å². The molecule has 2 rings (SSSR count). The van der Waals surface area contributed by atoms with E-state index in [0.717, 1.165) is 25.7 Å². The van der Waals surface area contributed by atoms with Gasteiger partial charge in [0.25, 0.3) is 5.91 Å². The molecule has 1 aliphatic rings. The number of hydrogen-bond donors (Lipinski definition) is 1. The molecule has 0 aliphatic heterocycles. The van der Waals surface area contributed by atoms with Gasteiger partial charge in [-0.2, -0.15) is 0 Å². The summed E-state index contributed by atoms with van der Waals surface area (Å²) < 4.78 is 10.7. The van der Waals surface area contributed by atoms with Crippen molar-refractivity contribution in [1.29, 1.82) is 0 Å². The Balaban J connectivity index is 1.75. The molecular weight excluding hydrogens is 322 g/mol. The Morgan fingerprint density at radius 1 is 1.20 bits per heavy atom. The highest BCUT2D eigenvalue weighted by molar-refractivity contribution is 5.96. The fourth-order valence-corrected chi connectivity index (χ4v) is 2.57. The molecule has 1 aliphatic carbocycles. The van der Waals surface area contributed by atoms with Gasteiger partial charge in [-0.05, 0) is 49.9 Å². The van der Waals surface area contributed by atoms with Gasteiger partial charge in [-0.15, -0.1) is 0 Å². The average Bonchev–Trinajstić information content (AvgIpc) is 2.62. The van der Waals surface area contributed by atoms with Crippen molar-refractivity contribution in [2.75, 3.05) is 13.2 Å². The summed E-state index contributed by atoms with van der Waals surface area (Å²) in [5, 5.41) is 2.51. The smallest absolute Gasteiger partial charge is 0.326 e. The quantitative estimate of drug-likeness (QED) is 0.577. The summed E-state index contributed by atoms with van der Waals surface area (Å²) >= 11 is 0. The lowest BCUT2D eigenvalue weighted by atomic mass is 9.96. The van der Waals surface area contributed by atoms with E-state index in [1.54, 1.807) is 24.3 Å². The van der Waals surface area contributed by atoms with Crippen molar-refractivity contribution >= 4 is 17.7 Å². The highest BCUT2D eigenvalue weighted by Crippen LogP contribution is 2.17. The van der Waals surface area contributed by atoms with Gasteiger partial charge >= 0.3 is 5.97 Å². The molecule has 1 N–H and O–H groups in total. The topological polar surface area (TPSA) is 81.7 Å². The molecule has 25 heavy (non-hydrogen) atoms. The number of Topliss-reactive ketones (excluding diaryl/α,β-unsaturated/α-hetero) is 1. The third kappa shape index (κ3) is 6.21. The van der Waals surface area contributed by atoms with E-state index < -0.39 is 12.1 Å². The van der Waals surface area contributed by atoms with E-state index in [9.17, 15) is 14.4 Å². The lowest BCUT2D eigenvalue weighted by Crippen LogP contribution is -2.36. The van der Waals surface area contributed by atoms with Crippen molar-refractivity contribution in [3.63, 3.8) is 0 Å². The van der Waals surface area contributed by atoms with E-state index >= 15 is 0 Å². The molecule has 0 aromatic heterocycles. The van der Waals surface area contributed by atoms with E-state index in [4.69, 9.17) is 9.47 Å². The van der Waals surface area contributed by atoms with E-state index in [2.05, 4.69) is 12.2 Å². The number of rotatable bonds is 8. The van der Waals surface area contributed by atoms with Gasteiger partial charge < -0.3 is 14.8 Å². The van der Waals surface area contributed by atoms with E-state index in [0.29, 0.717) is 30.8 Å². The van der Waals surface area contributed by atoms with Crippen LogP contribution in [0.2, 0.25) is 0 Å². The number of esters is 1. The van der Waals surface area contributed by atoms with Gasteiger partial charge in [0.05, 0.1) is 6.61 Å². The molecule has 6 heteroatoms. The first kappa shape index (κ1) is 19.0. The zero-order valence-corrected chi connectivity index (χ0v) is 14.6. The van der Waals surface area contributed by atoms with Crippen LogP contribution in [0.3, 0.4) is 0 Å². The molecule has 6 nitrogen and oxygen atoms in total. The second-order valence-corrected chi connectivity index (χ2v) is 6.10. The van der Waals surface area contributed by atoms with Crippen LogP contribution in [0, 0.1) is 0 Å². The van der Waals surface area contributed by atoms with Crippen LogP contribution in [0.25, 0.3) is 0 Å². The highest BCUT2D eigenvalue weighted by Gasteiger charge is 2.25. The lowest BCUT2D eigenvalue weighted by Gasteiger charge is -2.20. The fourth-order valence-electron chi connectivity index (χ4n) is 2.57. The van der Waals surface area contributed by atoms with Gasteiger partial charge in [0.15, 0.2) is 11.9 Å². The maximum absolute atomic E-state index is 12.1. The van der Waals surface area contributed by atoms with Gasteiger partial charge in [-0.3, -0.25) is 14.4 Å². The zero-order chi connectivity index (χ0) is 18.1. The number of carbonyl (C=O) groups is 3. The lowest BCUT2D eigenvalue weighted by molar-refractivity contribution is -0.155. The standard InChI is InChI=1S/C19H25NO5/c1-2-3-12-24-15-10-8-14(9-11-15)19(23)20-13-18(22)25-17-7-5-4-6-16(17)21/h8-11,17H,2-7,12-13H2,1H3,(H,20,23)/t17-/m0/s1. The number of carbonyl (C=O) groups excluding carboxylic acids is 3. The van der Waals surface area contributed by atoms with Crippen molar-refractivity contribution < 1.29 is 23.9 Å².